The molecule has 2 aliphatic heterocycles. The van der Waals surface area contributed by atoms with E-state index in [0.29, 0.717) is 63.1 Å². The fraction of sp³-hybridized carbons (Fsp3) is 0.500. The molecule has 2 fully saturated rings. The number of carbonyl (C=O) groups excluding carboxylic acids is 2. The van der Waals surface area contributed by atoms with Gasteiger partial charge in [0.1, 0.15) is 17.7 Å². The topological polar surface area (TPSA) is 88.1 Å². The van der Waals surface area contributed by atoms with E-state index in [1.807, 2.05) is 14.1 Å². The SMILES string of the molecule is CN(C)c1ncc(C(=O)N2CC[C@H](Oc3ccc(F)cc3)[C@@H](CC(=O)N3CCOCC3)C2)cn1. The number of halogens is 1. The Bertz CT molecular complexity index is 980. The maximum atomic E-state index is 13.3. The number of carbonyl (C=O) groups is 2. The molecule has 1 aromatic heterocycles. The summed E-state index contributed by atoms with van der Waals surface area (Å²) in [5.74, 6) is 0.373. The van der Waals surface area contributed by atoms with E-state index in [1.165, 1.54) is 24.5 Å². The van der Waals surface area contributed by atoms with Gasteiger partial charge in [0.2, 0.25) is 11.9 Å². The van der Waals surface area contributed by atoms with Gasteiger partial charge in [-0.25, -0.2) is 14.4 Å². The molecule has 0 unspecified atom stereocenters. The summed E-state index contributed by atoms with van der Waals surface area (Å²) in [7, 11) is 3.66. The van der Waals surface area contributed by atoms with Crippen molar-refractivity contribution in [2.45, 2.75) is 18.9 Å². The number of anilines is 1. The summed E-state index contributed by atoms with van der Waals surface area (Å²) in [4.78, 5) is 39.9. The molecule has 0 spiro atoms. The van der Waals surface area contributed by atoms with Crippen LogP contribution >= 0.6 is 0 Å². The summed E-state index contributed by atoms with van der Waals surface area (Å²) < 4.78 is 24.8. The molecule has 0 bridgehead atoms. The molecule has 0 N–H and O–H groups in total. The first-order valence-electron chi connectivity index (χ1n) is 11.5. The fourth-order valence-corrected chi connectivity index (χ4v) is 4.25. The minimum absolute atomic E-state index is 0.0222. The summed E-state index contributed by atoms with van der Waals surface area (Å²) in [6.45, 7) is 3.03. The Morgan fingerprint density at radius 2 is 1.76 bits per heavy atom. The zero-order chi connectivity index (χ0) is 24.1. The van der Waals surface area contributed by atoms with Gasteiger partial charge in [0.05, 0.1) is 18.8 Å². The van der Waals surface area contributed by atoms with Gasteiger partial charge >= 0.3 is 0 Å². The number of amides is 2. The molecule has 182 valence electrons. The molecule has 0 radical (unpaired) electrons. The standard InChI is InChI=1S/C24H30FN5O4/c1-28(2)24-26-14-18(15-27-24)23(32)30-8-7-21(34-20-5-3-19(25)4-6-20)17(16-30)13-22(31)29-9-11-33-12-10-29/h3-6,14-15,17,21H,7-13,16H2,1-2H3/t17-,21-/m0/s1. The molecule has 0 aliphatic carbocycles. The van der Waals surface area contributed by atoms with E-state index < -0.39 is 0 Å². The Labute approximate surface area is 198 Å². The van der Waals surface area contributed by atoms with E-state index >= 15 is 0 Å². The number of hydrogen-bond acceptors (Lipinski definition) is 7. The molecule has 2 saturated heterocycles. The molecule has 9 nitrogen and oxygen atoms in total. The maximum absolute atomic E-state index is 13.3. The summed E-state index contributed by atoms with van der Waals surface area (Å²) in [6, 6.07) is 5.85. The van der Waals surface area contributed by atoms with Crippen LogP contribution in [-0.2, 0) is 9.53 Å². The van der Waals surface area contributed by atoms with Crippen molar-refractivity contribution >= 4 is 17.8 Å². The van der Waals surface area contributed by atoms with Crippen molar-refractivity contribution in [1.82, 2.24) is 19.8 Å². The first kappa shape index (κ1) is 23.9. The van der Waals surface area contributed by atoms with E-state index in [1.54, 1.807) is 26.8 Å². The fourth-order valence-electron chi connectivity index (χ4n) is 4.25. The molecular weight excluding hydrogens is 441 g/mol. The second-order valence-electron chi connectivity index (χ2n) is 8.77. The van der Waals surface area contributed by atoms with Crippen molar-refractivity contribution in [1.29, 1.82) is 0 Å². The first-order valence-corrected chi connectivity index (χ1v) is 11.5. The highest BCUT2D eigenvalue weighted by atomic mass is 19.1. The lowest BCUT2D eigenvalue weighted by Crippen LogP contribution is -2.50. The van der Waals surface area contributed by atoms with E-state index in [-0.39, 0.29) is 36.1 Å². The number of rotatable bonds is 6. The molecule has 2 amide bonds. The second-order valence-corrected chi connectivity index (χ2v) is 8.77. The van der Waals surface area contributed by atoms with Gasteiger partial charge in [0.25, 0.3) is 5.91 Å². The minimum atomic E-state index is -0.339. The Morgan fingerprint density at radius 1 is 1.09 bits per heavy atom. The molecular formula is C24H30FN5O4. The van der Waals surface area contributed by atoms with Gasteiger partial charge in [0.15, 0.2) is 0 Å². The third kappa shape index (κ3) is 5.80. The van der Waals surface area contributed by atoms with Crippen LogP contribution in [0.4, 0.5) is 10.3 Å². The number of benzene rings is 1. The zero-order valence-corrected chi connectivity index (χ0v) is 19.5. The molecule has 3 heterocycles. The number of piperidine rings is 1. The van der Waals surface area contributed by atoms with Crippen molar-refractivity contribution < 1.29 is 23.5 Å². The largest absolute Gasteiger partial charge is 0.490 e. The Hall–Kier alpha value is -3.27. The molecule has 1 aromatic carbocycles. The quantitative estimate of drug-likeness (QED) is 0.635. The number of nitrogens with zero attached hydrogens (tertiary/aromatic N) is 5. The van der Waals surface area contributed by atoms with Crippen LogP contribution in [0, 0.1) is 11.7 Å². The molecule has 34 heavy (non-hydrogen) atoms. The second kappa shape index (κ2) is 10.8. The molecule has 2 atom stereocenters. The van der Waals surface area contributed by atoms with Crippen molar-refractivity contribution in [3.8, 4) is 5.75 Å². The van der Waals surface area contributed by atoms with Gasteiger partial charge < -0.3 is 24.2 Å². The van der Waals surface area contributed by atoms with Crippen LogP contribution in [0.15, 0.2) is 36.7 Å². The number of hydrogen-bond donors (Lipinski definition) is 0. The number of likely N-dealkylation sites (tertiary alicyclic amines) is 1. The van der Waals surface area contributed by atoms with Gasteiger partial charge in [-0.1, -0.05) is 0 Å². The van der Waals surface area contributed by atoms with Crippen LogP contribution in [0.5, 0.6) is 5.75 Å². The number of ether oxygens (including phenoxy) is 2. The molecule has 4 rings (SSSR count). The third-order valence-electron chi connectivity index (χ3n) is 6.14. The lowest BCUT2D eigenvalue weighted by Gasteiger charge is -2.39. The smallest absolute Gasteiger partial charge is 0.257 e. The Kier molecular flexibility index (Phi) is 7.56. The van der Waals surface area contributed by atoms with E-state index in [0.717, 1.165) is 0 Å². The van der Waals surface area contributed by atoms with Crippen LogP contribution < -0.4 is 9.64 Å². The zero-order valence-electron chi connectivity index (χ0n) is 19.5. The van der Waals surface area contributed by atoms with E-state index in [9.17, 15) is 14.0 Å². The van der Waals surface area contributed by atoms with Crippen LogP contribution in [0.2, 0.25) is 0 Å². The summed E-state index contributed by atoms with van der Waals surface area (Å²) in [6.07, 6.45) is 3.60. The number of morpholine rings is 1. The predicted molar refractivity (Wildman–Crippen MR) is 123 cm³/mol. The average molecular weight is 472 g/mol. The Morgan fingerprint density at radius 3 is 2.41 bits per heavy atom. The third-order valence-corrected chi connectivity index (χ3v) is 6.14. The lowest BCUT2D eigenvalue weighted by atomic mass is 9.90. The lowest BCUT2D eigenvalue weighted by molar-refractivity contribution is -0.137. The highest BCUT2D eigenvalue weighted by Crippen LogP contribution is 2.27. The van der Waals surface area contributed by atoms with Crippen LogP contribution in [-0.4, -0.2) is 91.2 Å². The number of aromatic nitrogens is 2. The summed E-state index contributed by atoms with van der Waals surface area (Å²) in [5.41, 5.74) is 0.404. The summed E-state index contributed by atoms with van der Waals surface area (Å²) >= 11 is 0. The monoisotopic (exact) mass is 471 g/mol. The first-order chi connectivity index (χ1) is 16.4. The van der Waals surface area contributed by atoms with Gasteiger partial charge in [-0.3, -0.25) is 9.59 Å². The van der Waals surface area contributed by atoms with Crippen molar-refractivity contribution in [3.05, 3.63) is 48.0 Å². The predicted octanol–water partition coefficient (Wildman–Crippen LogP) is 1.84. The summed E-state index contributed by atoms with van der Waals surface area (Å²) in [5, 5.41) is 0. The Balaban J connectivity index is 1.48. The van der Waals surface area contributed by atoms with Gasteiger partial charge in [-0.05, 0) is 24.3 Å². The van der Waals surface area contributed by atoms with E-state index in [2.05, 4.69) is 9.97 Å². The van der Waals surface area contributed by atoms with Crippen LogP contribution in [0.1, 0.15) is 23.2 Å². The van der Waals surface area contributed by atoms with Gasteiger partial charge in [-0.15, -0.1) is 0 Å². The normalized spacial score (nSPS) is 20.7. The highest BCUT2D eigenvalue weighted by molar-refractivity contribution is 5.93. The van der Waals surface area contributed by atoms with Gasteiger partial charge in [-0.2, -0.15) is 0 Å². The average Bonchev–Trinajstić information content (AvgIpc) is 2.86. The minimum Gasteiger partial charge on any atom is -0.490 e. The van der Waals surface area contributed by atoms with Crippen LogP contribution in [0.3, 0.4) is 0 Å². The maximum Gasteiger partial charge on any atom is 0.257 e. The van der Waals surface area contributed by atoms with Crippen molar-refractivity contribution in [2.75, 3.05) is 58.4 Å². The molecule has 10 heteroatoms. The molecule has 0 saturated carbocycles. The van der Waals surface area contributed by atoms with Gasteiger partial charge in [0, 0.05) is 71.4 Å². The molecule has 2 aliphatic rings. The van der Waals surface area contributed by atoms with Crippen molar-refractivity contribution in [3.63, 3.8) is 0 Å². The van der Waals surface area contributed by atoms with Crippen LogP contribution in [0.25, 0.3) is 0 Å². The van der Waals surface area contributed by atoms with Crippen molar-refractivity contribution in [2.24, 2.45) is 5.92 Å². The molecule has 2 aromatic rings. The highest BCUT2D eigenvalue weighted by Gasteiger charge is 2.36. The van der Waals surface area contributed by atoms with E-state index in [4.69, 9.17) is 9.47 Å².